The molecule has 0 spiro atoms. The van der Waals surface area contributed by atoms with E-state index < -0.39 is 17.8 Å². The van der Waals surface area contributed by atoms with Crippen molar-refractivity contribution in [2.75, 3.05) is 26.7 Å². The van der Waals surface area contributed by atoms with Crippen LogP contribution in [0, 0.1) is 5.92 Å². The van der Waals surface area contributed by atoms with Gasteiger partial charge in [-0.1, -0.05) is 23.8 Å². The van der Waals surface area contributed by atoms with Gasteiger partial charge in [-0.05, 0) is 31.9 Å². The number of piperidine rings is 1. The highest BCUT2D eigenvalue weighted by molar-refractivity contribution is 6.45. The number of nitrogens with one attached hydrogen (secondary N) is 1. The fourth-order valence-electron chi connectivity index (χ4n) is 3.27. The molecular weight excluding hydrogens is 404 g/mol. The fourth-order valence-corrected chi connectivity index (χ4v) is 3.27. The molecular formula is C21H24N4O6. The average Bonchev–Trinajstić information content (AvgIpc) is 3.11. The van der Waals surface area contributed by atoms with E-state index >= 15 is 0 Å². The molecule has 164 valence electrons. The largest absolute Gasteiger partial charge is 0.466 e. The lowest BCUT2D eigenvalue weighted by atomic mass is 9.96. The molecule has 0 aromatic heterocycles. The van der Waals surface area contributed by atoms with Crippen molar-refractivity contribution in [3.63, 3.8) is 0 Å². The van der Waals surface area contributed by atoms with Crippen molar-refractivity contribution in [3.8, 4) is 0 Å². The molecule has 10 heteroatoms. The van der Waals surface area contributed by atoms with Gasteiger partial charge in [-0.15, -0.1) is 0 Å². The van der Waals surface area contributed by atoms with Crippen molar-refractivity contribution in [3.05, 3.63) is 47.7 Å². The molecule has 0 saturated carbocycles. The number of likely N-dealkylation sites (N-methyl/N-ethyl adjacent to an activating group) is 1. The minimum atomic E-state index is -0.698. The van der Waals surface area contributed by atoms with Gasteiger partial charge in [0.1, 0.15) is 11.4 Å². The van der Waals surface area contributed by atoms with Crippen LogP contribution >= 0.6 is 0 Å². The fraction of sp³-hybridized carbons (Fsp3) is 0.381. The molecule has 0 aliphatic carbocycles. The van der Waals surface area contributed by atoms with E-state index in [2.05, 4.69) is 10.6 Å². The Morgan fingerprint density at radius 3 is 2.48 bits per heavy atom. The molecule has 2 amide bonds. The first kappa shape index (κ1) is 22.2. The van der Waals surface area contributed by atoms with E-state index in [9.17, 15) is 19.2 Å². The number of hydrogen-bond acceptors (Lipinski definition) is 8. The lowest BCUT2D eigenvalue weighted by Crippen LogP contribution is -2.43. The van der Waals surface area contributed by atoms with Crippen LogP contribution in [0.1, 0.15) is 30.1 Å². The van der Waals surface area contributed by atoms with Crippen LogP contribution in [0.4, 0.5) is 0 Å². The molecule has 2 heterocycles. The summed E-state index contributed by atoms with van der Waals surface area (Å²) in [4.78, 5) is 59.9. The summed E-state index contributed by atoms with van der Waals surface area (Å²) in [5.74, 6) is -2.35. The third kappa shape index (κ3) is 5.34. The minimum Gasteiger partial charge on any atom is -0.466 e. The molecule has 31 heavy (non-hydrogen) atoms. The van der Waals surface area contributed by atoms with Crippen molar-refractivity contribution < 1.29 is 28.8 Å². The first-order chi connectivity index (χ1) is 14.9. The van der Waals surface area contributed by atoms with Crippen molar-refractivity contribution >= 4 is 29.5 Å². The summed E-state index contributed by atoms with van der Waals surface area (Å²) in [5, 5.41) is 1.28. The van der Waals surface area contributed by atoms with Crippen molar-refractivity contribution in [2.24, 2.45) is 10.9 Å². The summed E-state index contributed by atoms with van der Waals surface area (Å²) in [6.07, 6.45) is 2.12. The van der Waals surface area contributed by atoms with E-state index in [-0.39, 0.29) is 23.3 Å². The maximum Gasteiger partial charge on any atom is 0.376 e. The maximum absolute atomic E-state index is 13.2. The summed E-state index contributed by atoms with van der Waals surface area (Å²) in [6, 6.07) is 8.31. The van der Waals surface area contributed by atoms with E-state index in [4.69, 9.17) is 9.57 Å². The Morgan fingerprint density at radius 2 is 1.90 bits per heavy atom. The Labute approximate surface area is 179 Å². The zero-order valence-electron chi connectivity index (χ0n) is 17.4. The number of ether oxygens (including phenoxy) is 1. The van der Waals surface area contributed by atoms with Gasteiger partial charge in [0.05, 0.1) is 12.5 Å². The number of amides is 2. The zero-order valence-corrected chi connectivity index (χ0v) is 17.4. The normalized spacial score (nSPS) is 18.8. The highest BCUT2D eigenvalue weighted by Gasteiger charge is 2.32. The first-order valence-corrected chi connectivity index (χ1v) is 9.97. The summed E-state index contributed by atoms with van der Waals surface area (Å²) in [6.45, 7) is 2.67. The van der Waals surface area contributed by atoms with E-state index in [0.29, 0.717) is 38.1 Å². The van der Waals surface area contributed by atoms with Crippen LogP contribution in [-0.4, -0.2) is 66.1 Å². The standard InChI is InChI=1S/C21H24N4O6/c1-3-30-20(28)15-9-11-25(12-10-15)19(27)16(13-17-21(29)31-23-24(17)2)22-18(26)14-7-5-4-6-8-14/h4-8,13,15,23H,3,9-12H2,1-2H3/b17-13-,22-16?. The van der Waals surface area contributed by atoms with Crippen LogP contribution in [0.2, 0.25) is 0 Å². The lowest BCUT2D eigenvalue weighted by Gasteiger charge is -2.30. The quantitative estimate of drug-likeness (QED) is 0.417. The molecule has 2 aliphatic heterocycles. The Kier molecular flexibility index (Phi) is 7.14. The van der Waals surface area contributed by atoms with E-state index in [0.717, 1.165) is 0 Å². The Bertz CT molecular complexity index is 919. The lowest BCUT2D eigenvalue weighted by molar-refractivity contribution is -0.150. The van der Waals surface area contributed by atoms with E-state index in [1.807, 2.05) is 0 Å². The minimum absolute atomic E-state index is 0.0365. The third-order valence-corrected chi connectivity index (χ3v) is 4.98. The first-order valence-electron chi connectivity index (χ1n) is 9.97. The van der Waals surface area contributed by atoms with E-state index in [1.54, 1.807) is 37.3 Å². The average molecular weight is 428 g/mol. The van der Waals surface area contributed by atoms with E-state index in [1.165, 1.54) is 23.0 Å². The second kappa shape index (κ2) is 9.98. The molecule has 1 aromatic carbocycles. The van der Waals surface area contributed by atoms with Crippen LogP contribution < -0.4 is 5.59 Å². The smallest absolute Gasteiger partial charge is 0.376 e. The number of carbonyl (C=O) groups is 4. The second-order valence-corrected chi connectivity index (χ2v) is 7.06. The van der Waals surface area contributed by atoms with Crippen LogP contribution in [0.3, 0.4) is 0 Å². The number of hydrazine groups is 1. The van der Waals surface area contributed by atoms with Crippen molar-refractivity contribution in [2.45, 2.75) is 19.8 Å². The van der Waals surface area contributed by atoms with Gasteiger partial charge in [-0.2, -0.15) is 0 Å². The molecule has 0 bridgehead atoms. The number of benzene rings is 1. The monoisotopic (exact) mass is 428 g/mol. The number of rotatable bonds is 5. The predicted molar refractivity (Wildman–Crippen MR) is 109 cm³/mol. The molecule has 2 fully saturated rings. The van der Waals surface area contributed by atoms with Crippen molar-refractivity contribution in [1.29, 1.82) is 0 Å². The van der Waals surface area contributed by atoms with Crippen LogP contribution in [0.5, 0.6) is 0 Å². The maximum atomic E-state index is 13.2. The number of esters is 1. The predicted octanol–water partition coefficient (Wildman–Crippen LogP) is 0.862. The SMILES string of the molecule is CCOC(=O)C1CCN(C(=O)C(/C=C2/C(=O)ONN2C)=NC(=O)c2ccccc2)CC1. The molecule has 10 nitrogen and oxygen atoms in total. The van der Waals surface area contributed by atoms with Crippen LogP contribution in [0.15, 0.2) is 47.1 Å². The van der Waals surface area contributed by atoms with Crippen LogP contribution in [-0.2, 0) is 24.0 Å². The molecule has 0 atom stereocenters. The highest BCUT2D eigenvalue weighted by atomic mass is 16.7. The van der Waals surface area contributed by atoms with Crippen LogP contribution in [0.25, 0.3) is 0 Å². The topological polar surface area (TPSA) is 118 Å². The van der Waals surface area contributed by atoms with Gasteiger partial charge in [0.25, 0.3) is 11.8 Å². The Morgan fingerprint density at radius 1 is 1.23 bits per heavy atom. The van der Waals surface area contributed by atoms with Gasteiger partial charge in [0.2, 0.25) is 0 Å². The van der Waals surface area contributed by atoms with Gasteiger partial charge in [0.15, 0.2) is 0 Å². The molecule has 0 radical (unpaired) electrons. The third-order valence-electron chi connectivity index (χ3n) is 4.98. The zero-order chi connectivity index (χ0) is 22.4. The van der Waals surface area contributed by atoms with Gasteiger partial charge >= 0.3 is 11.9 Å². The summed E-state index contributed by atoms with van der Waals surface area (Å²) >= 11 is 0. The Hall–Kier alpha value is -3.53. The number of nitrogens with zero attached hydrogens (tertiary/aromatic N) is 3. The molecule has 3 rings (SSSR count). The molecule has 1 N–H and O–H groups in total. The molecule has 0 unspecified atom stereocenters. The number of hydrogen-bond donors (Lipinski definition) is 1. The van der Waals surface area contributed by atoms with Crippen molar-refractivity contribution in [1.82, 2.24) is 15.5 Å². The summed E-state index contributed by atoms with van der Waals surface area (Å²) in [7, 11) is 1.53. The molecule has 2 saturated heterocycles. The van der Waals surface area contributed by atoms with Gasteiger partial charge in [0, 0.05) is 31.8 Å². The molecule has 2 aliphatic rings. The van der Waals surface area contributed by atoms with Gasteiger partial charge < -0.3 is 14.5 Å². The van der Waals surface area contributed by atoms with Gasteiger partial charge in [-0.25, -0.2) is 9.79 Å². The molecule has 1 aromatic rings. The summed E-state index contributed by atoms with van der Waals surface area (Å²) in [5.41, 5.74) is 2.52. The number of likely N-dealkylation sites (tertiary alicyclic amines) is 1. The summed E-state index contributed by atoms with van der Waals surface area (Å²) < 4.78 is 5.05. The number of aliphatic imine (C=N–C) groups is 1. The Balaban J connectivity index is 1.83. The second-order valence-electron chi connectivity index (χ2n) is 7.06. The van der Waals surface area contributed by atoms with Gasteiger partial charge in [-0.3, -0.25) is 19.4 Å². The highest BCUT2D eigenvalue weighted by Crippen LogP contribution is 2.20. The number of carbonyl (C=O) groups excluding carboxylic acids is 4.